The molecule has 1 saturated heterocycles. The van der Waals surface area contributed by atoms with Crippen molar-refractivity contribution in [2.45, 2.75) is 24.5 Å². The van der Waals surface area contributed by atoms with Gasteiger partial charge in [-0.1, -0.05) is 30.3 Å². The average Bonchev–Trinajstić information content (AvgIpc) is 2.80. The van der Waals surface area contributed by atoms with Crippen LogP contribution in [0, 0.1) is 0 Å². The van der Waals surface area contributed by atoms with Gasteiger partial charge >= 0.3 is 12.1 Å². The lowest BCUT2D eigenvalue weighted by atomic mass is 9.88. The molecular weight excluding hydrogens is 264 g/mol. The first-order chi connectivity index (χ1) is 9.49. The van der Waals surface area contributed by atoms with Crippen molar-refractivity contribution in [2.75, 3.05) is 6.54 Å². The minimum Gasteiger partial charge on any atom is -0.479 e. The maximum atomic E-state index is 11.7. The predicted octanol–water partition coefficient (Wildman–Crippen LogP) is 0.695. The molecule has 1 amide bonds. The zero-order valence-corrected chi connectivity index (χ0v) is 10.7. The van der Waals surface area contributed by atoms with E-state index >= 15 is 0 Å². The van der Waals surface area contributed by atoms with Gasteiger partial charge in [-0.3, -0.25) is 9.74 Å². The van der Waals surface area contributed by atoms with Crippen molar-refractivity contribution < 1.29 is 24.6 Å². The molecule has 4 N–H and O–H groups in total. The van der Waals surface area contributed by atoms with Crippen LogP contribution < -0.4 is 5.90 Å². The van der Waals surface area contributed by atoms with Crippen molar-refractivity contribution in [3.05, 3.63) is 35.9 Å². The molecule has 20 heavy (non-hydrogen) atoms. The lowest BCUT2D eigenvalue weighted by Gasteiger charge is -2.32. The standard InChI is InChI=1S/C13H16N2O5/c14-20-10-7-13(11(16)17,15(8-10)12(18)19)6-9-4-2-1-3-5-9/h1-5,10H,6-8,14H2,(H,16,17)(H,18,19). The van der Waals surface area contributed by atoms with Gasteiger partial charge in [-0.25, -0.2) is 15.5 Å². The van der Waals surface area contributed by atoms with E-state index in [1.165, 1.54) is 0 Å². The molecule has 2 rings (SSSR count). The maximum absolute atomic E-state index is 11.7. The molecule has 0 aliphatic carbocycles. The van der Waals surface area contributed by atoms with Crippen molar-refractivity contribution in [1.29, 1.82) is 0 Å². The van der Waals surface area contributed by atoms with Crippen LogP contribution in [0.25, 0.3) is 0 Å². The quantitative estimate of drug-likeness (QED) is 0.699. The van der Waals surface area contributed by atoms with Gasteiger partial charge in [-0.05, 0) is 5.56 Å². The zero-order valence-electron chi connectivity index (χ0n) is 10.7. The van der Waals surface area contributed by atoms with Gasteiger partial charge in [-0.2, -0.15) is 0 Å². The topological polar surface area (TPSA) is 113 Å². The molecule has 0 bridgehead atoms. The first-order valence-corrected chi connectivity index (χ1v) is 6.13. The lowest BCUT2D eigenvalue weighted by molar-refractivity contribution is -0.148. The number of carboxylic acid groups (broad SMARTS) is 2. The fraction of sp³-hybridized carbons (Fsp3) is 0.385. The molecule has 2 unspecified atom stereocenters. The summed E-state index contributed by atoms with van der Waals surface area (Å²) in [5.74, 6) is 3.91. The van der Waals surface area contributed by atoms with Crippen molar-refractivity contribution >= 4 is 12.1 Å². The maximum Gasteiger partial charge on any atom is 0.408 e. The Morgan fingerprint density at radius 3 is 2.50 bits per heavy atom. The minimum absolute atomic E-state index is 0.0278. The summed E-state index contributed by atoms with van der Waals surface area (Å²) < 4.78 is 0. The van der Waals surface area contributed by atoms with E-state index in [-0.39, 0.29) is 19.4 Å². The number of likely N-dealkylation sites (tertiary alicyclic amines) is 1. The molecule has 0 spiro atoms. The van der Waals surface area contributed by atoms with Gasteiger partial charge in [0.1, 0.15) is 5.54 Å². The molecule has 0 radical (unpaired) electrons. The van der Waals surface area contributed by atoms with Crippen LogP contribution in [0.3, 0.4) is 0 Å². The van der Waals surface area contributed by atoms with Crippen LogP contribution in [0.2, 0.25) is 0 Å². The normalized spacial score (nSPS) is 25.6. The Balaban J connectivity index is 2.37. The number of aliphatic carboxylic acids is 1. The minimum atomic E-state index is -1.54. The Morgan fingerprint density at radius 1 is 1.35 bits per heavy atom. The van der Waals surface area contributed by atoms with Gasteiger partial charge in [-0.15, -0.1) is 0 Å². The number of nitrogens with two attached hydrogens (primary N) is 1. The summed E-state index contributed by atoms with van der Waals surface area (Å²) in [6.07, 6.45) is -1.80. The van der Waals surface area contributed by atoms with E-state index in [9.17, 15) is 19.8 Å². The van der Waals surface area contributed by atoms with E-state index in [4.69, 9.17) is 5.90 Å². The van der Waals surface area contributed by atoms with Crippen LogP contribution in [-0.4, -0.2) is 45.4 Å². The Labute approximate surface area is 115 Å². The van der Waals surface area contributed by atoms with Gasteiger partial charge in [0.15, 0.2) is 0 Å². The first kappa shape index (κ1) is 14.3. The van der Waals surface area contributed by atoms with Gasteiger partial charge in [0, 0.05) is 12.8 Å². The largest absolute Gasteiger partial charge is 0.479 e. The van der Waals surface area contributed by atoms with Crippen LogP contribution >= 0.6 is 0 Å². The van der Waals surface area contributed by atoms with Crippen LogP contribution in [-0.2, 0) is 16.1 Å². The second-order valence-corrected chi connectivity index (χ2v) is 4.85. The summed E-state index contributed by atoms with van der Waals surface area (Å²) in [5.41, 5.74) is -0.796. The lowest BCUT2D eigenvalue weighted by Crippen LogP contribution is -2.54. The third-order valence-corrected chi connectivity index (χ3v) is 3.63. The Hall–Kier alpha value is -2.12. The highest BCUT2D eigenvalue weighted by Gasteiger charge is 2.54. The molecule has 1 aliphatic heterocycles. The Morgan fingerprint density at radius 2 is 2.00 bits per heavy atom. The third-order valence-electron chi connectivity index (χ3n) is 3.63. The van der Waals surface area contributed by atoms with E-state index < -0.39 is 23.7 Å². The molecule has 108 valence electrons. The molecule has 2 atom stereocenters. The van der Waals surface area contributed by atoms with Gasteiger partial charge in [0.05, 0.1) is 12.6 Å². The summed E-state index contributed by atoms with van der Waals surface area (Å²) in [7, 11) is 0. The fourth-order valence-electron chi connectivity index (χ4n) is 2.66. The molecule has 1 fully saturated rings. The fourth-order valence-corrected chi connectivity index (χ4v) is 2.66. The summed E-state index contributed by atoms with van der Waals surface area (Å²) >= 11 is 0. The monoisotopic (exact) mass is 280 g/mol. The summed E-state index contributed by atoms with van der Waals surface area (Å²) in [4.78, 5) is 28.6. The van der Waals surface area contributed by atoms with Crippen molar-refractivity contribution in [3.63, 3.8) is 0 Å². The van der Waals surface area contributed by atoms with E-state index in [0.29, 0.717) is 0 Å². The number of hydrogen-bond donors (Lipinski definition) is 3. The zero-order chi connectivity index (χ0) is 14.8. The van der Waals surface area contributed by atoms with Gasteiger partial charge in [0.2, 0.25) is 0 Å². The van der Waals surface area contributed by atoms with Crippen molar-refractivity contribution in [3.8, 4) is 0 Å². The molecular formula is C13H16N2O5. The molecule has 1 heterocycles. The van der Waals surface area contributed by atoms with E-state index in [1.807, 2.05) is 6.07 Å². The molecule has 0 saturated carbocycles. The summed E-state index contributed by atoms with van der Waals surface area (Å²) in [6.45, 7) is -0.0506. The number of nitrogens with zero attached hydrogens (tertiary/aromatic N) is 1. The molecule has 1 aromatic carbocycles. The second kappa shape index (κ2) is 5.48. The molecule has 7 nitrogen and oxygen atoms in total. The molecule has 1 aliphatic rings. The third kappa shape index (κ3) is 2.45. The van der Waals surface area contributed by atoms with Crippen LogP contribution in [0.4, 0.5) is 4.79 Å². The number of hydrogen-bond acceptors (Lipinski definition) is 4. The van der Waals surface area contributed by atoms with Crippen molar-refractivity contribution in [2.24, 2.45) is 5.90 Å². The number of amides is 1. The molecule has 7 heteroatoms. The highest BCUT2D eigenvalue weighted by atomic mass is 16.6. The first-order valence-electron chi connectivity index (χ1n) is 6.13. The second-order valence-electron chi connectivity index (χ2n) is 4.85. The number of carbonyl (C=O) groups is 2. The highest BCUT2D eigenvalue weighted by Crippen LogP contribution is 2.34. The van der Waals surface area contributed by atoms with E-state index in [0.717, 1.165) is 10.5 Å². The van der Waals surface area contributed by atoms with E-state index in [2.05, 4.69) is 4.84 Å². The van der Waals surface area contributed by atoms with E-state index in [1.54, 1.807) is 24.3 Å². The Kier molecular flexibility index (Phi) is 3.91. The smallest absolute Gasteiger partial charge is 0.408 e. The van der Waals surface area contributed by atoms with Gasteiger partial charge < -0.3 is 10.2 Å². The highest BCUT2D eigenvalue weighted by molar-refractivity contribution is 5.85. The predicted molar refractivity (Wildman–Crippen MR) is 68.9 cm³/mol. The average molecular weight is 280 g/mol. The van der Waals surface area contributed by atoms with Crippen molar-refractivity contribution in [1.82, 2.24) is 4.90 Å². The molecule has 1 aromatic rings. The number of benzene rings is 1. The van der Waals surface area contributed by atoms with Crippen LogP contribution in [0.15, 0.2) is 30.3 Å². The number of carboxylic acids is 1. The van der Waals surface area contributed by atoms with Crippen LogP contribution in [0.5, 0.6) is 0 Å². The van der Waals surface area contributed by atoms with Gasteiger partial charge in [0.25, 0.3) is 0 Å². The molecule has 0 aromatic heterocycles. The number of rotatable bonds is 4. The summed E-state index contributed by atoms with van der Waals surface area (Å²) in [5, 5.41) is 18.8. The Bertz CT molecular complexity index is 507. The van der Waals surface area contributed by atoms with Crippen LogP contribution in [0.1, 0.15) is 12.0 Å². The summed E-state index contributed by atoms with van der Waals surface area (Å²) in [6, 6.07) is 8.90. The SMILES string of the molecule is NOC1CN(C(=O)O)C(Cc2ccccc2)(C(=O)O)C1.